The van der Waals surface area contributed by atoms with Crippen LogP contribution in [0, 0.1) is 17.3 Å². The summed E-state index contributed by atoms with van der Waals surface area (Å²) in [6.45, 7) is 0. The average Bonchev–Trinajstić information content (AvgIpc) is 2.41. The fourth-order valence-corrected chi connectivity index (χ4v) is 1.54. The van der Waals surface area contributed by atoms with Crippen LogP contribution in [0.15, 0.2) is 30.6 Å². The summed E-state index contributed by atoms with van der Waals surface area (Å²) in [4.78, 5) is 9.30. The second-order valence-corrected chi connectivity index (χ2v) is 3.97. The zero-order chi connectivity index (χ0) is 13.1. The minimum Gasteiger partial charge on any atom is -0.250 e. The molecule has 0 N–H and O–H groups in total. The van der Waals surface area contributed by atoms with E-state index in [-0.39, 0.29) is 5.02 Å². The third-order valence-electron chi connectivity index (χ3n) is 2.34. The Hall–Kier alpha value is -2.19. The fraction of sp³-hybridized carbons (Fsp3) is 0.0833. The van der Waals surface area contributed by atoms with Gasteiger partial charge in [-0.25, -0.2) is 14.4 Å². The Kier molecular flexibility index (Phi) is 3.40. The van der Waals surface area contributed by atoms with Crippen LogP contribution in [0.3, 0.4) is 0 Å². The molecule has 0 saturated heterocycles. The molecule has 0 spiro atoms. The van der Waals surface area contributed by atoms with Crippen molar-refractivity contribution >= 4 is 17.5 Å². The highest BCUT2D eigenvalue weighted by molar-refractivity contribution is 6.31. The molecule has 1 heterocycles. The summed E-state index contributed by atoms with van der Waals surface area (Å²) in [5.74, 6) is -0.170. The van der Waals surface area contributed by atoms with Crippen LogP contribution in [0.5, 0.6) is 0 Å². The molecular formula is C12H8ClFN4. The van der Waals surface area contributed by atoms with Gasteiger partial charge in [0.05, 0.1) is 5.02 Å². The van der Waals surface area contributed by atoms with E-state index in [0.29, 0.717) is 17.1 Å². The first-order chi connectivity index (χ1) is 8.61. The van der Waals surface area contributed by atoms with Gasteiger partial charge in [0.1, 0.15) is 5.82 Å². The fourth-order valence-electron chi connectivity index (χ4n) is 1.36. The van der Waals surface area contributed by atoms with Gasteiger partial charge in [-0.15, -0.1) is 0 Å². The number of hydrogen-bond acceptors (Lipinski definition) is 4. The lowest BCUT2D eigenvalue weighted by Crippen LogP contribution is -2.11. The van der Waals surface area contributed by atoms with Crippen LogP contribution in [0.25, 0.3) is 11.1 Å². The van der Waals surface area contributed by atoms with Crippen molar-refractivity contribution in [3.05, 3.63) is 41.4 Å². The molecule has 0 bridgehead atoms. The van der Waals surface area contributed by atoms with Crippen LogP contribution >= 0.6 is 11.6 Å². The highest BCUT2D eigenvalue weighted by Crippen LogP contribution is 2.24. The van der Waals surface area contributed by atoms with Crippen molar-refractivity contribution < 1.29 is 4.39 Å². The van der Waals surface area contributed by atoms with Crippen LogP contribution in [-0.2, 0) is 0 Å². The number of nitrogens with zero attached hydrogens (tertiary/aromatic N) is 4. The SMILES string of the molecule is CN(C#N)c1ncc(-c2ccc(F)c(Cl)c2)cn1. The van der Waals surface area contributed by atoms with Gasteiger partial charge in [-0.3, -0.25) is 4.90 Å². The first-order valence-corrected chi connectivity index (χ1v) is 5.40. The lowest BCUT2D eigenvalue weighted by atomic mass is 10.1. The van der Waals surface area contributed by atoms with Crippen LogP contribution in [0.1, 0.15) is 0 Å². The van der Waals surface area contributed by atoms with E-state index in [1.54, 1.807) is 25.5 Å². The number of aromatic nitrogens is 2. The highest BCUT2D eigenvalue weighted by Gasteiger charge is 2.06. The largest absolute Gasteiger partial charge is 0.250 e. The van der Waals surface area contributed by atoms with Gasteiger partial charge in [-0.05, 0) is 17.7 Å². The van der Waals surface area contributed by atoms with Crippen molar-refractivity contribution in [3.63, 3.8) is 0 Å². The number of anilines is 1. The van der Waals surface area contributed by atoms with Gasteiger partial charge in [0, 0.05) is 25.0 Å². The second-order valence-electron chi connectivity index (χ2n) is 3.56. The number of nitriles is 1. The summed E-state index contributed by atoms with van der Waals surface area (Å²) in [7, 11) is 1.56. The summed E-state index contributed by atoms with van der Waals surface area (Å²) >= 11 is 5.70. The van der Waals surface area contributed by atoms with Crippen molar-refractivity contribution in [3.8, 4) is 17.3 Å². The Bertz CT molecular complexity index is 606. The maximum Gasteiger partial charge on any atom is 0.238 e. The molecule has 18 heavy (non-hydrogen) atoms. The van der Waals surface area contributed by atoms with Gasteiger partial charge in [-0.2, -0.15) is 5.26 Å². The van der Waals surface area contributed by atoms with Crippen LogP contribution in [0.2, 0.25) is 5.02 Å². The molecule has 0 aliphatic rings. The topological polar surface area (TPSA) is 52.8 Å². The molecule has 4 nitrogen and oxygen atoms in total. The molecule has 0 aliphatic heterocycles. The molecule has 1 aromatic heterocycles. The van der Waals surface area contributed by atoms with Crippen molar-refractivity contribution in [1.82, 2.24) is 9.97 Å². The molecule has 6 heteroatoms. The quantitative estimate of drug-likeness (QED) is 0.617. The van der Waals surface area contributed by atoms with E-state index in [4.69, 9.17) is 16.9 Å². The average molecular weight is 263 g/mol. The Balaban J connectivity index is 2.35. The van der Waals surface area contributed by atoms with E-state index >= 15 is 0 Å². The molecule has 2 rings (SSSR count). The monoisotopic (exact) mass is 262 g/mol. The summed E-state index contributed by atoms with van der Waals surface area (Å²) in [5.41, 5.74) is 1.42. The lowest BCUT2D eigenvalue weighted by Gasteiger charge is -2.07. The maximum absolute atomic E-state index is 13.0. The van der Waals surface area contributed by atoms with E-state index in [9.17, 15) is 4.39 Å². The zero-order valence-electron chi connectivity index (χ0n) is 9.43. The molecule has 0 amide bonds. The molecular weight excluding hydrogens is 255 g/mol. The number of benzene rings is 1. The second kappa shape index (κ2) is 4.98. The summed E-state index contributed by atoms with van der Waals surface area (Å²) in [6.07, 6.45) is 5.01. The smallest absolute Gasteiger partial charge is 0.238 e. The zero-order valence-corrected chi connectivity index (χ0v) is 10.2. The van der Waals surface area contributed by atoms with Crippen LogP contribution in [-0.4, -0.2) is 17.0 Å². The standard InChI is InChI=1S/C12H8ClFN4/c1-18(7-15)12-16-5-9(6-17-12)8-2-3-11(14)10(13)4-8/h2-6H,1H3. The molecule has 0 atom stereocenters. The van der Waals surface area contributed by atoms with Crippen LogP contribution in [0.4, 0.5) is 10.3 Å². The predicted octanol–water partition coefficient (Wildman–Crippen LogP) is 2.85. The molecule has 90 valence electrons. The molecule has 2 aromatic rings. The minimum absolute atomic E-state index is 0.0470. The van der Waals surface area contributed by atoms with Gasteiger partial charge in [0.15, 0.2) is 6.19 Å². The predicted molar refractivity (Wildman–Crippen MR) is 66.5 cm³/mol. The maximum atomic E-state index is 13.0. The molecule has 0 unspecified atom stereocenters. The van der Waals surface area contributed by atoms with E-state index in [2.05, 4.69) is 9.97 Å². The van der Waals surface area contributed by atoms with Gasteiger partial charge in [-0.1, -0.05) is 17.7 Å². The molecule has 0 aliphatic carbocycles. The van der Waals surface area contributed by atoms with Gasteiger partial charge < -0.3 is 0 Å². The van der Waals surface area contributed by atoms with Crippen molar-refractivity contribution in [1.29, 1.82) is 5.26 Å². The Morgan fingerprint density at radius 2 is 1.94 bits per heavy atom. The van der Waals surface area contributed by atoms with Gasteiger partial charge in [0.2, 0.25) is 5.95 Å². The summed E-state index contributed by atoms with van der Waals surface area (Å²) in [5, 5.41) is 8.73. The lowest BCUT2D eigenvalue weighted by molar-refractivity contribution is 0.628. The molecule has 0 saturated carbocycles. The molecule has 1 aromatic carbocycles. The number of halogens is 2. The summed E-state index contributed by atoms with van der Waals surface area (Å²) in [6, 6.07) is 4.38. The summed E-state index contributed by atoms with van der Waals surface area (Å²) < 4.78 is 13.0. The highest BCUT2D eigenvalue weighted by atomic mass is 35.5. The number of rotatable bonds is 2. The van der Waals surface area contributed by atoms with Crippen molar-refractivity contribution in [2.75, 3.05) is 11.9 Å². The van der Waals surface area contributed by atoms with E-state index in [1.165, 1.54) is 17.0 Å². The minimum atomic E-state index is -0.470. The first-order valence-electron chi connectivity index (χ1n) is 5.02. The van der Waals surface area contributed by atoms with Gasteiger partial charge >= 0.3 is 0 Å². The number of hydrogen-bond donors (Lipinski definition) is 0. The van der Waals surface area contributed by atoms with Crippen LogP contribution < -0.4 is 4.90 Å². The molecule has 0 radical (unpaired) electrons. The van der Waals surface area contributed by atoms with E-state index < -0.39 is 5.82 Å². The van der Waals surface area contributed by atoms with Gasteiger partial charge in [0.25, 0.3) is 0 Å². The third-order valence-corrected chi connectivity index (χ3v) is 2.63. The third kappa shape index (κ3) is 2.39. The van der Waals surface area contributed by atoms with E-state index in [1.807, 2.05) is 6.19 Å². The normalized spacial score (nSPS) is 9.89. The van der Waals surface area contributed by atoms with E-state index in [0.717, 1.165) is 0 Å². The molecule has 0 fully saturated rings. The van der Waals surface area contributed by atoms with Crippen molar-refractivity contribution in [2.45, 2.75) is 0 Å². The first kappa shape index (κ1) is 12.3. The van der Waals surface area contributed by atoms with Crippen molar-refractivity contribution in [2.24, 2.45) is 0 Å². The Morgan fingerprint density at radius 1 is 1.28 bits per heavy atom. The Morgan fingerprint density at radius 3 is 2.50 bits per heavy atom. The Labute approximate surface area is 108 Å².